The Balaban J connectivity index is 1.97. The summed E-state index contributed by atoms with van der Waals surface area (Å²) in [7, 11) is -2.49. The fraction of sp³-hybridized carbons (Fsp3) is 0.235. The molecule has 1 heterocycles. The van der Waals surface area contributed by atoms with Crippen LogP contribution in [0.4, 0.5) is 5.69 Å². The van der Waals surface area contributed by atoms with Crippen LogP contribution in [0.5, 0.6) is 0 Å². The first-order valence-electron chi connectivity index (χ1n) is 7.79. The van der Waals surface area contributed by atoms with Crippen LogP contribution in [-0.2, 0) is 26.2 Å². The second-order valence-electron chi connectivity index (χ2n) is 5.56. The normalized spacial score (nSPS) is 11.2. The number of anilines is 1. The molecule has 8 nitrogen and oxygen atoms in total. The zero-order valence-corrected chi connectivity index (χ0v) is 15.3. The fourth-order valence-corrected chi connectivity index (χ4v) is 3.26. The Kier molecular flexibility index (Phi) is 6.42. The lowest BCUT2D eigenvalue weighted by molar-refractivity contribution is -0.121. The number of likely N-dealkylation sites (N-methyl/N-ethyl adjacent to an activating group) is 1. The molecule has 9 heteroatoms. The third-order valence-corrected chi connectivity index (χ3v) is 5.26. The van der Waals surface area contributed by atoms with Crippen molar-refractivity contribution in [2.24, 2.45) is 0 Å². The molecule has 0 radical (unpaired) electrons. The molecule has 0 aliphatic carbocycles. The number of nitrogens with zero attached hydrogens (tertiary/aromatic N) is 2. The first-order chi connectivity index (χ1) is 12.3. The Morgan fingerprint density at radius 1 is 1.12 bits per heavy atom. The highest BCUT2D eigenvalue weighted by molar-refractivity contribution is 7.89. The monoisotopic (exact) mass is 376 g/mol. The largest absolute Gasteiger partial charge is 0.349 e. The lowest BCUT2D eigenvalue weighted by Gasteiger charge is -2.17. The van der Waals surface area contributed by atoms with Crippen LogP contribution >= 0.6 is 0 Å². The van der Waals surface area contributed by atoms with E-state index >= 15 is 0 Å². The SMILES string of the molecule is CC(=O)Nc1ccc(S(=O)(=O)N(C)CC(=O)NCc2ccccn2)cc1. The maximum atomic E-state index is 12.5. The van der Waals surface area contributed by atoms with E-state index in [2.05, 4.69) is 15.6 Å². The van der Waals surface area contributed by atoms with Gasteiger partial charge in [0.2, 0.25) is 21.8 Å². The van der Waals surface area contributed by atoms with E-state index in [0.717, 1.165) is 4.31 Å². The molecule has 2 aromatic rings. The number of pyridine rings is 1. The van der Waals surface area contributed by atoms with E-state index in [1.54, 1.807) is 24.4 Å². The van der Waals surface area contributed by atoms with Crippen molar-refractivity contribution in [3.8, 4) is 0 Å². The molecular formula is C17H20N4O4S. The Labute approximate surface area is 152 Å². The van der Waals surface area contributed by atoms with E-state index in [4.69, 9.17) is 0 Å². The summed E-state index contributed by atoms with van der Waals surface area (Å²) in [6.07, 6.45) is 1.61. The molecule has 0 fully saturated rings. The molecule has 0 saturated heterocycles. The molecule has 0 unspecified atom stereocenters. The predicted molar refractivity (Wildman–Crippen MR) is 96.6 cm³/mol. The third-order valence-electron chi connectivity index (χ3n) is 3.44. The smallest absolute Gasteiger partial charge is 0.243 e. The summed E-state index contributed by atoms with van der Waals surface area (Å²) in [6, 6.07) is 11.1. The highest BCUT2D eigenvalue weighted by atomic mass is 32.2. The standard InChI is InChI=1S/C17H20N4O4S/c1-13(22)20-14-6-8-16(9-7-14)26(24,25)21(2)12-17(23)19-11-15-5-3-4-10-18-15/h3-10H,11-12H2,1-2H3,(H,19,23)(H,20,22). The molecule has 0 atom stereocenters. The van der Waals surface area contributed by atoms with Crippen LogP contribution in [0.3, 0.4) is 0 Å². The summed E-state index contributed by atoms with van der Waals surface area (Å²) in [5.74, 6) is -0.682. The van der Waals surface area contributed by atoms with Crippen LogP contribution in [0.2, 0.25) is 0 Å². The van der Waals surface area contributed by atoms with Gasteiger partial charge < -0.3 is 10.6 Å². The Morgan fingerprint density at radius 3 is 2.38 bits per heavy atom. The molecule has 2 amide bonds. The van der Waals surface area contributed by atoms with Crippen LogP contribution < -0.4 is 10.6 Å². The molecule has 0 saturated carbocycles. The van der Waals surface area contributed by atoms with E-state index in [0.29, 0.717) is 11.4 Å². The molecule has 2 N–H and O–H groups in total. The maximum Gasteiger partial charge on any atom is 0.243 e. The number of carbonyl (C=O) groups excluding carboxylic acids is 2. The lowest BCUT2D eigenvalue weighted by atomic mass is 10.3. The summed E-state index contributed by atoms with van der Waals surface area (Å²) >= 11 is 0. The zero-order chi connectivity index (χ0) is 19.2. The summed E-state index contributed by atoms with van der Waals surface area (Å²) in [5, 5.41) is 5.19. The molecule has 0 bridgehead atoms. The van der Waals surface area contributed by atoms with Gasteiger partial charge in [0.15, 0.2) is 0 Å². The van der Waals surface area contributed by atoms with E-state index in [9.17, 15) is 18.0 Å². The average molecular weight is 376 g/mol. The number of nitrogens with one attached hydrogen (secondary N) is 2. The summed E-state index contributed by atoms with van der Waals surface area (Å²) in [6.45, 7) is 1.27. The van der Waals surface area contributed by atoms with Crippen molar-refractivity contribution in [1.29, 1.82) is 0 Å². The van der Waals surface area contributed by atoms with Gasteiger partial charge in [-0.3, -0.25) is 14.6 Å². The second kappa shape index (κ2) is 8.54. The van der Waals surface area contributed by atoms with Crippen molar-refractivity contribution in [1.82, 2.24) is 14.6 Å². The average Bonchev–Trinajstić information content (AvgIpc) is 2.61. The van der Waals surface area contributed by atoms with Gasteiger partial charge in [0.1, 0.15) is 0 Å². The van der Waals surface area contributed by atoms with Gasteiger partial charge in [0.05, 0.1) is 23.7 Å². The number of rotatable bonds is 7. The van der Waals surface area contributed by atoms with Gasteiger partial charge in [-0.25, -0.2) is 8.42 Å². The molecule has 2 rings (SSSR count). The highest BCUT2D eigenvalue weighted by Gasteiger charge is 2.22. The topological polar surface area (TPSA) is 108 Å². The van der Waals surface area contributed by atoms with Gasteiger partial charge >= 0.3 is 0 Å². The highest BCUT2D eigenvalue weighted by Crippen LogP contribution is 2.17. The minimum Gasteiger partial charge on any atom is -0.349 e. The summed E-state index contributed by atoms with van der Waals surface area (Å²) in [5.41, 5.74) is 1.17. The van der Waals surface area contributed by atoms with Crippen LogP contribution in [0.1, 0.15) is 12.6 Å². The van der Waals surface area contributed by atoms with Crippen molar-refractivity contribution < 1.29 is 18.0 Å². The molecule has 138 valence electrons. The van der Waals surface area contributed by atoms with Crippen molar-refractivity contribution in [2.75, 3.05) is 18.9 Å². The number of benzene rings is 1. The van der Waals surface area contributed by atoms with Gasteiger partial charge in [0, 0.05) is 25.9 Å². The summed E-state index contributed by atoms with van der Waals surface area (Å²) in [4.78, 5) is 27.1. The number of hydrogen-bond donors (Lipinski definition) is 2. The predicted octanol–water partition coefficient (Wildman–Crippen LogP) is 0.977. The number of amides is 2. The minimum absolute atomic E-state index is 0.0339. The third kappa shape index (κ3) is 5.36. The van der Waals surface area contributed by atoms with Gasteiger partial charge in [-0.2, -0.15) is 4.31 Å². The molecule has 0 spiro atoms. The lowest BCUT2D eigenvalue weighted by Crippen LogP contribution is -2.38. The van der Waals surface area contributed by atoms with Gasteiger partial charge in [0.25, 0.3) is 0 Å². The number of sulfonamides is 1. The van der Waals surface area contributed by atoms with Crippen molar-refractivity contribution in [2.45, 2.75) is 18.4 Å². The van der Waals surface area contributed by atoms with Gasteiger partial charge in [-0.1, -0.05) is 6.07 Å². The van der Waals surface area contributed by atoms with Crippen molar-refractivity contribution in [3.63, 3.8) is 0 Å². The molecule has 1 aromatic heterocycles. The van der Waals surface area contributed by atoms with Crippen LogP contribution in [0, 0.1) is 0 Å². The van der Waals surface area contributed by atoms with E-state index in [1.807, 2.05) is 0 Å². The zero-order valence-electron chi connectivity index (χ0n) is 14.5. The molecule has 0 aliphatic rings. The van der Waals surface area contributed by atoms with Crippen LogP contribution in [-0.4, -0.2) is 43.1 Å². The molecule has 1 aromatic carbocycles. The van der Waals surface area contributed by atoms with Crippen molar-refractivity contribution in [3.05, 3.63) is 54.4 Å². The minimum atomic E-state index is -3.82. The number of hydrogen-bond acceptors (Lipinski definition) is 5. The number of carbonyl (C=O) groups is 2. The molecular weight excluding hydrogens is 356 g/mol. The maximum absolute atomic E-state index is 12.5. The van der Waals surface area contributed by atoms with Crippen LogP contribution in [0.15, 0.2) is 53.6 Å². The van der Waals surface area contributed by atoms with Gasteiger partial charge in [-0.15, -0.1) is 0 Å². The first-order valence-corrected chi connectivity index (χ1v) is 9.23. The van der Waals surface area contributed by atoms with E-state index in [-0.39, 0.29) is 23.9 Å². The molecule has 0 aliphatic heterocycles. The Morgan fingerprint density at radius 2 is 1.81 bits per heavy atom. The second-order valence-corrected chi connectivity index (χ2v) is 7.61. The van der Waals surface area contributed by atoms with Crippen LogP contribution in [0.25, 0.3) is 0 Å². The first kappa shape index (κ1) is 19.5. The Hall–Kier alpha value is -2.78. The van der Waals surface area contributed by atoms with E-state index in [1.165, 1.54) is 38.2 Å². The molecule has 26 heavy (non-hydrogen) atoms. The fourth-order valence-electron chi connectivity index (χ4n) is 2.13. The Bertz CT molecular complexity index is 867. The number of aromatic nitrogens is 1. The summed E-state index contributed by atoms with van der Waals surface area (Å²) < 4.78 is 26.0. The van der Waals surface area contributed by atoms with E-state index < -0.39 is 15.9 Å². The van der Waals surface area contributed by atoms with Gasteiger partial charge in [-0.05, 0) is 36.4 Å². The van der Waals surface area contributed by atoms with Crippen molar-refractivity contribution >= 4 is 27.5 Å². The quantitative estimate of drug-likeness (QED) is 0.749.